The molecule has 0 spiro atoms. The van der Waals surface area contributed by atoms with E-state index in [-0.39, 0.29) is 0 Å². The normalized spacial score (nSPS) is 13.9. The third-order valence-electron chi connectivity index (χ3n) is 6.25. The number of rotatable bonds is 8. The lowest BCUT2D eigenvalue weighted by molar-refractivity contribution is 0.245. The molecule has 0 N–H and O–H groups in total. The number of ether oxygens (including phenoxy) is 1. The zero-order chi connectivity index (χ0) is 22.8. The van der Waals surface area contributed by atoms with Crippen molar-refractivity contribution in [2.75, 3.05) is 32.1 Å². The number of anilines is 1. The van der Waals surface area contributed by atoms with Crippen molar-refractivity contribution in [3.63, 3.8) is 0 Å². The van der Waals surface area contributed by atoms with Crippen LogP contribution < -0.4 is 9.64 Å². The molecule has 0 amide bonds. The maximum atomic E-state index is 5.57. The molecule has 1 aromatic carbocycles. The third-order valence-corrected chi connectivity index (χ3v) is 6.25. The van der Waals surface area contributed by atoms with Gasteiger partial charge in [0.2, 0.25) is 11.8 Å². The number of hydrogen-bond donors (Lipinski definition) is 0. The topological polar surface area (TPSA) is 71.9 Å². The minimum absolute atomic E-state index is 0.577. The van der Waals surface area contributed by atoms with Crippen LogP contribution in [0.1, 0.15) is 36.5 Å². The summed E-state index contributed by atoms with van der Waals surface area (Å²) >= 11 is 0. The number of benzene rings is 1. The Morgan fingerprint density at radius 2 is 2.12 bits per heavy atom. The van der Waals surface area contributed by atoms with Gasteiger partial charge in [-0.1, -0.05) is 19.4 Å². The number of methoxy groups -OCH3 is 1. The molecule has 1 aliphatic rings. The molecule has 8 nitrogen and oxygen atoms in total. The second-order valence-corrected chi connectivity index (χ2v) is 8.60. The van der Waals surface area contributed by atoms with E-state index in [4.69, 9.17) is 24.2 Å². The van der Waals surface area contributed by atoms with E-state index in [2.05, 4.69) is 35.9 Å². The average Bonchev–Trinajstić information content (AvgIpc) is 3.52. The summed E-state index contributed by atoms with van der Waals surface area (Å²) in [5.74, 6) is 2.93. The molecule has 0 atom stereocenters. The summed E-state index contributed by atoms with van der Waals surface area (Å²) in [6, 6.07) is 10.1. The fraction of sp³-hybridized carbons (Fsp3) is 0.400. The maximum absolute atomic E-state index is 5.57. The number of fused-ring (bicyclic) bond motifs is 2. The molecular formula is C25H30N6O2. The van der Waals surface area contributed by atoms with Crippen molar-refractivity contribution < 1.29 is 9.15 Å². The van der Waals surface area contributed by atoms with Crippen LogP contribution in [-0.2, 0) is 19.5 Å². The second kappa shape index (κ2) is 9.23. The number of furan rings is 1. The van der Waals surface area contributed by atoms with E-state index in [1.807, 2.05) is 28.9 Å². The summed E-state index contributed by atoms with van der Waals surface area (Å²) in [6.45, 7) is 5.72. The van der Waals surface area contributed by atoms with Crippen LogP contribution in [0.25, 0.3) is 17.2 Å². The highest BCUT2D eigenvalue weighted by atomic mass is 16.5. The van der Waals surface area contributed by atoms with Gasteiger partial charge in [-0.05, 0) is 48.2 Å². The predicted octanol–water partition coefficient (Wildman–Crippen LogP) is 4.19. The zero-order valence-corrected chi connectivity index (χ0v) is 19.5. The van der Waals surface area contributed by atoms with Gasteiger partial charge in [0.15, 0.2) is 11.4 Å². The zero-order valence-electron chi connectivity index (χ0n) is 19.5. The Balaban J connectivity index is 1.47. The first-order valence-corrected chi connectivity index (χ1v) is 11.5. The SMILES string of the molecule is CCCCN(C)c1ncc(CN2CCc3ccc(OC)cc3C2)c2nc(-c3ccco3)nn12. The highest BCUT2D eigenvalue weighted by molar-refractivity contribution is 5.58. The maximum Gasteiger partial charge on any atom is 0.228 e. The number of hydrogen-bond acceptors (Lipinski definition) is 7. The number of aromatic nitrogens is 4. The first-order chi connectivity index (χ1) is 16.2. The largest absolute Gasteiger partial charge is 0.497 e. The van der Waals surface area contributed by atoms with Gasteiger partial charge in [0.1, 0.15) is 5.75 Å². The monoisotopic (exact) mass is 446 g/mol. The molecule has 33 heavy (non-hydrogen) atoms. The summed E-state index contributed by atoms with van der Waals surface area (Å²) in [6.07, 6.45) is 6.84. The summed E-state index contributed by atoms with van der Waals surface area (Å²) < 4.78 is 12.9. The Morgan fingerprint density at radius 1 is 1.21 bits per heavy atom. The van der Waals surface area contributed by atoms with Crippen molar-refractivity contribution in [2.24, 2.45) is 0 Å². The van der Waals surface area contributed by atoms with E-state index in [0.29, 0.717) is 11.6 Å². The molecule has 4 aromatic rings. The molecule has 8 heteroatoms. The molecule has 0 saturated carbocycles. The number of unbranched alkanes of at least 4 members (excludes halogenated alkanes) is 1. The summed E-state index contributed by atoms with van der Waals surface area (Å²) in [5.41, 5.74) is 4.59. The Bertz CT molecular complexity index is 1230. The van der Waals surface area contributed by atoms with E-state index in [9.17, 15) is 0 Å². The Morgan fingerprint density at radius 3 is 2.91 bits per heavy atom. The summed E-state index contributed by atoms with van der Waals surface area (Å²) in [7, 11) is 3.77. The average molecular weight is 447 g/mol. The fourth-order valence-electron chi connectivity index (χ4n) is 4.38. The quantitative estimate of drug-likeness (QED) is 0.402. The van der Waals surface area contributed by atoms with E-state index in [1.165, 1.54) is 11.1 Å². The van der Waals surface area contributed by atoms with Crippen LogP contribution in [0.5, 0.6) is 5.75 Å². The van der Waals surface area contributed by atoms with Gasteiger partial charge in [-0.3, -0.25) is 4.90 Å². The van der Waals surface area contributed by atoms with E-state index in [1.54, 1.807) is 13.4 Å². The van der Waals surface area contributed by atoms with Gasteiger partial charge >= 0.3 is 0 Å². The van der Waals surface area contributed by atoms with Gasteiger partial charge in [0, 0.05) is 45.0 Å². The predicted molar refractivity (Wildman–Crippen MR) is 127 cm³/mol. The van der Waals surface area contributed by atoms with E-state index < -0.39 is 0 Å². The molecule has 0 aliphatic carbocycles. The highest BCUT2D eigenvalue weighted by Crippen LogP contribution is 2.27. The van der Waals surface area contributed by atoms with Crippen molar-refractivity contribution >= 4 is 11.6 Å². The first-order valence-electron chi connectivity index (χ1n) is 11.5. The lowest BCUT2D eigenvalue weighted by Gasteiger charge is -2.29. The van der Waals surface area contributed by atoms with Crippen LogP contribution in [-0.4, -0.2) is 51.7 Å². The Kier molecular flexibility index (Phi) is 6.00. The first kappa shape index (κ1) is 21.5. The van der Waals surface area contributed by atoms with Gasteiger partial charge < -0.3 is 14.1 Å². The third kappa shape index (κ3) is 4.30. The summed E-state index contributed by atoms with van der Waals surface area (Å²) in [4.78, 5) is 14.2. The van der Waals surface area contributed by atoms with E-state index >= 15 is 0 Å². The smallest absolute Gasteiger partial charge is 0.228 e. The lowest BCUT2D eigenvalue weighted by atomic mass is 9.99. The molecule has 0 fully saturated rings. The van der Waals surface area contributed by atoms with Crippen molar-refractivity contribution in [2.45, 2.75) is 39.3 Å². The molecule has 0 radical (unpaired) electrons. The van der Waals surface area contributed by atoms with Gasteiger partial charge in [0.05, 0.1) is 13.4 Å². The Labute approximate surface area is 193 Å². The number of nitrogens with zero attached hydrogens (tertiary/aromatic N) is 6. The Hall–Kier alpha value is -3.39. The van der Waals surface area contributed by atoms with Crippen LogP contribution in [0, 0.1) is 0 Å². The molecule has 0 bridgehead atoms. The molecule has 5 rings (SSSR count). The molecular weight excluding hydrogens is 416 g/mol. The lowest BCUT2D eigenvalue weighted by Crippen LogP contribution is -2.30. The van der Waals surface area contributed by atoms with Crippen molar-refractivity contribution in [3.8, 4) is 17.3 Å². The van der Waals surface area contributed by atoms with Gasteiger partial charge in [0.25, 0.3) is 0 Å². The van der Waals surface area contributed by atoms with Crippen LogP contribution in [0.15, 0.2) is 47.2 Å². The van der Waals surface area contributed by atoms with Crippen LogP contribution >= 0.6 is 0 Å². The molecule has 172 valence electrons. The van der Waals surface area contributed by atoms with Crippen molar-refractivity contribution in [3.05, 3.63) is 59.5 Å². The molecule has 0 unspecified atom stereocenters. The second-order valence-electron chi connectivity index (χ2n) is 8.60. The van der Waals surface area contributed by atoms with Gasteiger partial charge in [-0.25, -0.2) is 9.97 Å². The fourth-order valence-corrected chi connectivity index (χ4v) is 4.38. The minimum Gasteiger partial charge on any atom is -0.497 e. The minimum atomic E-state index is 0.577. The molecule has 1 aliphatic heterocycles. The van der Waals surface area contributed by atoms with Gasteiger partial charge in [-0.2, -0.15) is 4.52 Å². The van der Waals surface area contributed by atoms with Crippen LogP contribution in [0.2, 0.25) is 0 Å². The summed E-state index contributed by atoms with van der Waals surface area (Å²) in [5, 5.41) is 4.77. The van der Waals surface area contributed by atoms with Crippen molar-refractivity contribution in [1.29, 1.82) is 0 Å². The molecule has 0 saturated heterocycles. The molecule has 3 aromatic heterocycles. The highest BCUT2D eigenvalue weighted by Gasteiger charge is 2.22. The van der Waals surface area contributed by atoms with Crippen LogP contribution in [0.4, 0.5) is 5.95 Å². The van der Waals surface area contributed by atoms with Gasteiger partial charge in [-0.15, -0.1) is 5.10 Å². The van der Waals surface area contributed by atoms with Crippen molar-refractivity contribution in [1.82, 2.24) is 24.5 Å². The van der Waals surface area contributed by atoms with E-state index in [0.717, 1.165) is 68.3 Å². The molecule has 4 heterocycles. The van der Waals surface area contributed by atoms with Crippen LogP contribution in [0.3, 0.4) is 0 Å². The standard InChI is InChI=1S/C25H30N6O2/c1-4-5-11-29(2)25-26-15-20(24-27-23(28-31(24)25)22-7-6-13-33-22)17-30-12-10-18-8-9-21(32-3)14-19(18)16-30/h6-9,13-15H,4-5,10-12,16-17H2,1-3H3.